The van der Waals surface area contributed by atoms with Crippen molar-refractivity contribution in [1.82, 2.24) is 4.98 Å². The number of carbonyl (C=O) groups is 1. The Morgan fingerprint density at radius 3 is 2.56 bits per heavy atom. The molecule has 1 saturated heterocycles. The van der Waals surface area contributed by atoms with Crippen LogP contribution in [-0.4, -0.2) is 23.9 Å². The van der Waals surface area contributed by atoms with Crippen molar-refractivity contribution in [2.24, 2.45) is 5.92 Å². The van der Waals surface area contributed by atoms with Crippen LogP contribution in [0.2, 0.25) is 5.02 Å². The van der Waals surface area contributed by atoms with Crippen LogP contribution in [-0.2, 0) is 0 Å². The molecular weight excluding hydrogens is 341 g/mol. The lowest BCUT2D eigenvalue weighted by atomic mass is 9.88. The number of nitrogens with zero attached hydrogens (tertiary/aromatic N) is 3. The number of anilines is 1. The minimum atomic E-state index is -0.348. The van der Waals surface area contributed by atoms with Crippen LogP contribution >= 0.6 is 11.6 Å². The Morgan fingerprint density at radius 2 is 1.96 bits per heavy atom. The first kappa shape index (κ1) is 17.4. The largest absolute Gasteiger partial charge is 0.355 e. The van der Waals surface area contributed by atoms with E-state index in [0.717, 1.165) is 5.56 Å². The number of carbonyl (C=O) groups excluding carboxylic acids is 1. The summed E-state index contributed by atoms with van der Waals surface area (Å²) in [6, 6.07) is 7.85. The van der Waals surface area contributed by atoms with Gasteiger partial charge in [0, 0.05) is 30.8 Å². The minimum absolute atomic E-state index is 0.0420. The molecule has 1 aliphatic rings. The van der Waals surface area contributed by atoms with Crippen molar-refractivity contribution in [3.63, 3.8) is 0 Å². The number of piperidine rings is 1. The first-order chi connectivity index (χ1) is 12.0. The molecule has 4 nitrogen and oxygen atoms in total. The van der Waals surface area contributed by atoms with Gasteiger partial charge in [-0.2, -0.15) is 5.26 Å². The molecule has 0 spiro atoms. The van der Waals surface area contributed by atoms with Crippen molar-refractivity contribution in [3.8, 4) is 6.07 Å². The molecule has 0 amide bonds. The molecule has 2 aromatic rings. The van der Waals surface area contributed by atoms with E-state index >= 15 is 0 Å². The van der Waals surface area contributed by atoms with E-state index in [-0.39, 0.29) is 17.5 Å². The summed E-state index contributed by atoms with van der Waals surface area (Å²) in [7, 11) is 0. The monoisotopic (exact) mass is 357 g/mol. The van der Waals surface area contributed by atoms with Gasteiger partial charge in [-0.15, -0.1) is 0 Å². The normalized spacial score (nSPS) is 15.0. The number of Topliss-reactive ketones (excluding diaryl/α,β-unsaturated/α-hetero) is 1. The van der Waals surface area contributed by atoms with E-state index in [2.05, 4.69) is 11.1 Å². The van der Waals surface area contributed by atoms with Crippen molar-refractivity contribution in [2.45, 2.75) is 19.8 Å². The van der Waals surface area contributed by atoms with Gasteiger partial charge in [-0.05, 0) is 49.6 Å². The maximum absolute atomic E-state index is 13.0. The van der Waals surface area contributed by atoms with Crippen LogP contribution in [0.25, 0.3) is 0 Å². The van der Waals surface area contributed by atoms with Crippen LogP contribution in [0.1, 0.15) is 34.3 Å². The maximum Gasteiger partial charge on any atom is 0.166 e. The van der Waals surface area contributed by atoms with Gasteiger partial charge in [0.15, 0.2) is 5.78 Å². The fourth-order valence-corrected chi connectivity index (χ4v) is 3.29. The first-order valence-corrected chi connectivity index (χ1v) is 8.49. The molecule has 0 unspecified atom stereocenters. The highest BCUT2D eigenvalue weighted by Gasteiger charge is 2.28. The molecule has 3 rings (SSSR count). The standard InChI is InChI=1S/C19H17ClFN3O/c1-12-16(10-22)19(23-11-17(12)20)24-8-6-14(7-9-24)18(25)13-2-4-15(21)5-3-13/h2-5,11,14H,6-9H2,1H3. The molecule has 0 bridgehead atoms. The number of pyridine rings is 1. The zero-order chi connectivity index (χ0) is 18.0. The molecule has 1 aliphatic heterocycles. The summed E-state index contributed by atoms with van der Waals surface area (Å²) >= 11 is 6.04. The number of aromatic nitrogens is 1. The van der Waals surface area contributed by atoms with Crippen LogP contribution < -0.4 is 4.90 Å². The van der Waals surface area contributed by atoms with E-state index in [1.54, 1.807) is 13.1 Å². The number of hydrogen-bond donors (Lipinski definition) is 0. The molecule has 0 radical (unpaired) electrons. The molecule has 1 fully saturated rings. The second-order valence-corrected chi connectivity index (χ2v) is 6.58. The minimum Gasteiger partial charge on any atom is -0.355 e. The van der Waals surface area contributed by atoms with E-state index in [4.69, 9.17) is 11.6 Å². The molecular formula is C19H17ClFN3O. The number of hydrogen-bond acceptors (Lipinski definition) is 4. The molecule has 1 aromatic carbocycles. The first-order valence-electron chi connectivity index (χ1n) is 8.11. The Balaban J connectivity index is 1.72. The average Bonchev–Trinajstić information content (AvgIpc) is 2.64. The van der Waals surface area contributed by atoms with Gasteiger partial charge in [-0.25, -0.2) is 9.37 Å². The third kappa shape index (κ3) is 3.49. The zero-order valence-electron chi connectivity index (χ0n) is 13.8. The molecule has 2 heterocycles. The van der Waals surface area contributed by atoms with E-state index in [9.17, 15) is 14.4 Å². The summed E-state index contributed by atoms with van der Waals surface area (Å²) in [5.74, 6) is 0.220. The zero-order valence-corrected chi connectivity index (χ0v) is 14.6. The van der Waals surface area contributed by atoms with Gasteiger partial charge in [0.2, 0.25) is 0 Å². The van der Waals surface area contributed by atoms with Gasteiger partial charge in [0.25, 0.3) is 0 Å². The summed E-state index contributed by atoms with van der Waals surface area (Å²) in [4.78, 5) is 18.9. The third-order valence-electron chi connectivity index (χ3n) is 4.66. The lowest BCUT2D eigenvalue weighted by Gasteiger charge is -2.33. The van der Waals surface area contributed by atoms with Crippen molar-refractivity contribution in [2.75, 3.05) is 18.0 Å². The van der Waals surface area contributed by atoms with E-state index < -0.39 is 0 Å². The second kappa shape index (κ2) is 7.20. The maximum atomic E-state index is 13.0. The van der Waals surface area contributed by atoms with Crippen LogP contribution in [0.4, 0.5) is 10.2 Å². The predicted octanol–water partition coefficient (Wildman–Crippen LogP) is 4.15. The quantitative estimate of drug-likeness (QED) is 0.774. The van der Waals surface area contributed by atoms with Crippen molar-refractivity contribution in [1.29, 1.82) is 5.26 Å². The molecule has 1 aromatic heterocycles. The SMILES string of the molecule is Cc1c(Cl)cnc(N2CCC(C(=O)c3ccc(F)cc3)CC2)c1C#N. The highest BCUT2D eigenvalue weighted by atomic mass is 35.5. The molecule has 0 aliphatic carbocycles. The van der Waals surface area contributed by atoms with Crippen molar-refractivity contribution < 1.29 is 9.18 Å². The van der Waals surface area contributed by atoms with Crippen molar-refractivity contribution >= 4 is 23.2 Å². The Morgan fingerprint density at radius 1 is 1.32 bits per heavy atom. The highest BCUT2D eigenvalue weighted by Crippen LogP contribution is 2.30. The summed E-state index contributed by atoms with van der Waals surface area (Å²) in [6.45, 7) is 3.08. The molecule has 0 saturated carbocycles. The molecule has 0 atom stereocenters. The van der Waals surface area contributed by atoms with Gasteiger partial charge in [-0.3, -0.25) is 4.79 Å². The van der Waals surface area contributed by atoms with Crippen LogP contribution in [0, 0.1) is 30.0 Å². The number of nitriles is 1. The number of ketones is 1. The van der Waals surface area contributed by atoms with E-state index in [1.807, 2.05) is 4.90 Å². The molecule has 25 heavy (non-hydrogen) atoms. The fraction of sp³-hybridized carbons (Fsp3) is 0.316. The van der Waals surface area contributed by atoms with Gasteiger partial charge in [-0.1, -0.05) is 11.6 Å². The van der Waals surface area contributed by atoms with Crippen molar-refractivity contribution in [3.05, 3.63) is 58.0 Å². The van der Waals surface area contributed by atoms with Crippen LogP contribution in [0.3, 0.4) is 0 Å². The Labute approximate surface area is 150 Å². The Hall–Kier alpha value is -2.45. The predicted molar refractivity (Wildman–Crippen MR) is 94.4 cm³/mol. The smallest absolute Gasteiger partial charge is 0.166 e. The summed E-state index contributed by atoms with van der Waals surface area (Å²) < 4.78 is 13.0. The highest BCUT2D eigenvalue weighted by molar-refractivity contribution is 6.31. The number of benzene rings is 1. The van der Waals surface area contributed by atoms with Crippen LogP contribution in [0.15, 0.2) is 30.5 Å². The van der Waals surface area contributed by atoms with Gasteiger partial charge in [0.1, 0.15) is 17.7 Å². The fourth-order valence-electron chi connectivity index (χ4n) is 3.14. The lowest BCUT2D eigenvalue weighted by molar-refractivity contribution is 0.0900. The summed E-state index contributed by atoms with van der Waals surface area (Å²) in [5, 5.41) is 9.88. The molecule has 6 heteroatoms. The molecule has 0 N–H and O–H groups in total. The second-order valence-electron chi connectivity index (χ2n) is 6.17. The molecule has 128 valence electrons. The van der Waals surface area contributed by atoms with E-state index in [0.29, 0.717) is 47.9 Å². The van der Waals surface area contributed by atoms with Gasteiger partial charge >= 0.3 is 0 Å². The Kier molecular flexibility index (Phi) is 5.00. The summed E-state index contributed by atoms with van der Waals surface area (Å²) in [5.41, 5.74) is 1.74. The van der Waals surface area contributed by atoms with Crippen LogP contribution in [0.5, 0.6) is 0 Å². The summed E-state index contributed by atoms with van der Waals surface area (Å²) in [6.07, 6.45) is 2.90. The van der Waals surface area contributed by atoms with E-state index in [1.165, 1.54) is 24.3 Å². The Bertz CT molecular complexity index is 837. The number of halogens is 2. The van der Waals surface area contributed by atoms with Gasteiger partial charge < -0.3 is 4.90 Å². The third-order valence-corrected chi connectivity index (χ3v) is 5.04. The topological polar surface area (TPSA) is 57.0 Å². The van der Waals surface area contributed by atoms with Gasteiger partial charge in [0.05, 0.1) is 10.6 Å². The average molecular weight is 358 g/mol. The number of rotatable bonds is 3. The lowest BCUT2D eigenvalue weighted by Crippen LogP contribution is -2.37.